The molecule has 3 nitrogen and oxygen atoms in total. The molecule has 0 spiro atoms. The second-order valence-corrected chi connectivity index (χ2v) is 3.70. The molecule has 76 valence electrons. The zero-order valence-electron chi connectivity index (χ0n) is 8.38. The van der Waals surface area contributed by atoms with Crippen LogP contribution in [0.3, 0.4) is 0 Å². The molecule has 0 aromatic heterocycles. The maximum atomic E-state index is 10.2. The Balaban J connectivity index is 2.57. The summed E-state index contributed by atoms with van der Waals surface area (Å²) in [4.78, 5) is 0. The molecule has 0 aromatic carbocycles. The molecule has 1 aliphatic heterocycles. The predicted octanol–water partition coefficient (Wildman–Crippen LogP) is 1.12. The van der Waals surface area contributed by atoms with Crippen LogP contribution in [-0.4, -0.2) is 37.1 Å². The SMILES string of the molecule is C=C(COC)C1(O)CCOC(C)C1. The van der Waals surface area contributed by atoms with Crippen molar-refractivity contribution in [3.8, 4) is 0 Å². The van der Waals surface area contributed by atoms with Crippen LogP contribution in [0.5, 0.6) is 0 Å². The molecule has 0 saturated carbocycles. The van der Waals surface area contributed by atoms with E-state index in [0.717, 1.165) is 5.57 Å². The van der Waals surface area contributed by atoms with Gasteiger partial charge in [0.1, 0.15) is 0 Å². The van der Waals surface area contributed by atoms with Crippen molar-refractivity contribution in [2.45, 2.75) is 31.5 Å². The van der Waals surface area contributed by atoms with Gasteiger partial charge in [-0.05, 0) is 12.5 Å². The van der Waals surface area contributed by atoms with Crippen LogP contribution in [0.1, 0.15) is 19.8 Å². The lowest BCUT2D eigenvalue weighted by Gasteiger charge is -2.36. The summed E-state index contributed by atoms with van der Waals surface area (Å²) in [6.45, 7) is 6.82. The van der Waals surface area contributed by atoms with Gasteiger partial charge in [0, 0.05) is 26.6 Å². The van der Waals surface area contributed by atoms with Gasteiger partial charge >= 0.3 is 0 Å². The van der Waals surface area contributed by atoms with Crippen molar-refractivity contribution in [3.05, 3.63) is 12.2 Å². The molecule has 1 heterocycles. The smallest absolute Gasteiger partial charge is 0.0922 e. The summed E-state index contributed by atoms with van der Waals surface area (Å²) in [7, 11) is 1.61. The predicted molar refractivity (Wildman–Crippen MR) is 50.6 cm³/mol. The molecule has 13 heavy (non-hydrogen) atoms. The van der Waals surface area contributed by atoms with Crippen molar-refractivity contribution >= 4 is 0 Å². The fourth-order valence-corrected chi connectivity index (χ4v) is 1.70. The fourth-order valence-electron chi connectivity index (χ4n) is 1.70. The average Bonchev–Trinajstić information content (AvgIpc) is 2.04. The third kappa shape index (κ3) is 2.53. The van der Waals surface area contributed by atoms with Crippen molar-refractivity contribution in [1.29, 1.82) is 0 Å². The number of rotatable bonds is 3. The summed E-state index contributed by atoms with van der Waals surface area (Å²) in [5, 5.41) is 10.2. The van der Waals surface area contributed by atoms with E-state index < -0.39 is 5.60 Å². The Bertz CT molecular complexity index is 191. The monoisotopic (exact) mass is 186 g/mol. The minimum atomic E-state index is -0.784. The minimum Gasteiger partial charge on any atom is -0.385 e. The van der Waals surface area contributed by atoms with E-state index in [1.54, 1.807) is 7.11 Å². The first-order valence-corrected chi connectivity index (χ1v) is 4.59. The Kier molecular flexibility index (Phi) is 3.47. The maximum Gasteiger partial charge on any atom is 0.0922 e. The number of aliphatic hydroxyl groups is 1. The van der Waals surface area contributed by atoms with E-state index >= 15 is 0 Å². The van der Waals surface area contributed by atoms with Gasteiger partial charge in [-0.3, -0.25) is 0 Å². The van der Waals surface area contributed by atoms with E-state index in [9.17, 15) is 5.11 Å². The highest BCUT2D eigenvalue weighted by atomic mass is 16.5. The first kappa shape index (κ1) is 10.7. The fraction of sp³-hybridized carbons (Fsp3) is 0.800. The summed E-state index contributed by atoms with van der Waals surface area (Å²) < 4.78 is 10.3. The van der Waals surface area contributed by atoms with Crippen LogP contribution in [0, 0.1) is 0 Å². The van der Waals surface area contributed by atoms with Gasteiger partial charge in [0.05, 0.1) is 18.3 Å². The molecule has 1 fully saturated rings. The van der Waals surface area contributed by atoms with Gasteiger partial charge in [0.2, 0.25) is 0 Å². The Morgan fingerprint density at radius 3 is 3.00 bits per heavy atom. The molecule has 0 aromatic rings. The van der Waals surface area contributed by atoms with Gasteiger partial charge < -0.3 is 14.6 Å². The molecule has 0 amide bonds. The third-order valence-corrected chi connectivity index (χ3v) is 2.52. The lowest BCUT2D eigenvalue weighted by atomic mass is 9.85. The van der Waals surface area contributed by atoms with Gasteiger partial charge in [-0.15, -0.1) is 0 Å². The number of hydrogen-bond donors (Lipinski definition) is 1. The summed E-state index contributed by atoms with van der Waals surface area (Å²) in [5.74, 6) is 0. The zero-order valence-corrected chi connectivity index (χ0v) is 8.38. The Morgan fingerprint density at radius 1 is 1.77 bits per heavy atom. The van der Waals surface area contributed by atoms with E-state index in [1.165, 1.54) is 0 Å². The minimum absolute atomic E-state index is 0.104. The van der Waals surface area contributed by atoms with Crippen molar-refractivity contribution in [1.82, 2.24) is 0 Å². The molecular formula is C10H18O3. The van der Waals surface area contributed by atoms with Crippen LogP contribution in [0.4, 0.5) is 0 Å². The van der Waals surface area contributed by atoms with Crippen molar-refractivity contribution in [2.75, 3.05) is 20.3 Å². The quantitative estimate of drug-likeness (QED) is 0.671. The summed E-state index contributed by atoms with van der Waals surface area (Å²) in [6, 6.07) is 0. The topological polar surface area (TPSA) is 38.7 Å². The molecule has 2 unspecified atom stereocenters. The lowest BCUT2D eigenvalue weighted by molar-refractivity contribution is -0.0810. The highest BCUT2D eigenvalue weighted by Crippen LogP contribution is 2.30. The highest BCUT2D eigenvalue weighted by molar-refractivity contribution is 5.14. The molecule has 2 atom stereocenters. The number of methoxy groups -OCH3 is 1. The molecule has 3 heteroatoms. The molecular weight excluding hydrogens is 168 g/mol. The Labute approximate surface area is 79.3 Å². The standard InChI is InChI=1S/C10H18O3/c1-8(7-12-3)10(11)4-5-13-9(2)6-10/h9,11H,1,4-7H2,2-3H3. The molecule has 0 radical (unpaired) electrons. The van der Waals surface area contributed by atoms with Crippen LogP contribution in [0.2, 0.25) is 0 Å². The molecule has 0 bridgehead atoms. The largest absolute Gasteiger partial charge is 0.385 e. The second kappa shape index (κ2) is 4.22. The van der Waals surface area contributed by atoms with Crippen molar-refractivity contribution in [2.24, 2.45) is 0 Å². The highest BCUT2D eigenvalue weighted by Gasteiger charge is 2.35. The van der Waals surface area contributed by atoms with Gasteiger partial charge in [-0.25, -0.2) is 0 Å². The van der Waals surface area contributed by atoms with Crippen molar-refractivity contribution < 1.29 is 14.6 Å². The van der Waals surface area contributed by atoms with Gasteiger partial charge in [-0.2, -0.15) is 0 Å². The second-order valence-electron chi connectivity index (χ2n) is 3.70. The van der Waals surface area contributed by atoms with Crippen LogP contribution in [0.15, 0.2) is 12.2 Å². The normalized spacial score (nSPS) is 34.5. The lowest BCUT2D eigenvalue weighted by Crippen LogP contribution is -2.42. The summed E-state index contributed by atoms with van der Waals surface area (Å²) >= 11 is 0. The van der Waals surface area contributed by atoms with E-state index in [1.807, 2.05) is 6.92 Å². The van der Waals surface area contributed by atoms with Crippen LogP contribution >= 0.6 is 0 Å². The molecule has 1 rings (SSSR count). The van der Waals surface area contributed by atoms with Crippen LogP contribution in [0.25, 0.3) is 0 Å². The van der Waals surface area contributed by atoms with E-state index in [4.69, 9.17) is 9.47 Å². The summed E-state index contributed by atoms with van der Waals surface area (Å²) in [5.41, 5.74) is -0.0293. The van der Waals surface area contributed by atoms with Gasteiger partial charge in [0.15, 0.2) is 0 Å². The number of ether oxygens (including phenoxy) is 2. The van der Waals surface area contributed by atoms with E-state index in [-0.39, 0.29) is 6.10 Å². The first-order chi connectivity index (χ1) is 6.08. The van der Waals surface area contributed by atoms with E-state index in [0.29, 0.717) is 26.1 Å². The zero-order chi connectivity index (χ0) is 9.90. The molecule has 1 N–H and O–H groups in total. The number of hydrogen-bond acceptors (Lipinski definition) is 3. The molecule has 1 aliphatic rings. The average molecular weight is 186 g/mol. The maximum absolute atomic E-state index is 10.2. The van der Waals surface area contributed by atoms with Gasteiger partial charge in [0.25, 0.3) is 0 Å². The molecule has 0 aliphatic carbocycles. The van der Waals surface area contributed by atoms with Crippen LogP contribution in [-0.2, 0) is 9.47 Å². The molecule has 1 saturated heterocycles. The van der Waals surface area contributed by atoms with Crippen molar-refractivity contribution in [3.63, 3.8) is 0 Å². The Hall–Kier alpha value is -0.380. The first-order valence-electron chi connectivity index (χ1n) is 4.59. The Morgan fingerprint density at radius 2 is 2.46 bits per heavy atom. The third-order valence-electron chi connectivity index (χ3n) is 2.52. The summed E-state index contributed by atoms with van der Waals surface area (Å²) in [6.07, 6.45) is 1.35. The van der Waals surface area contributed by atoms with Gasteiger partial charge in [-0.1, -0.05) is 6.58 Å². The van der Waals surface area contributed by atoms with Crippen LogP contribution < -0.4 is 0 Å². The van der Waals surface area contributed by atoms with E-state index in [2.05, 4.69) is 6.58 Å².